The Morgan fingerprint density at radius 2 is 2.40 bits per heavy atom. The molecule has 5 heteroatoms. The van der Waals surface area contributed by atoms with Crippen LogP contribution in [-0.4, -0.2) is 32.1 Å². The van der Waals surface area contributed by atoms with Gasteiger partial charge in [-0.25, -0.2) is 4.37 Å². The normalized spacial score (nSPS) is 17.9. The summed E-state index contributed by atoms with van der Waals surface area (Å²) in [6.07, 6.45) is 5.82. The van der Waals surface area contributed by atoms with Gasteiger partial charge < -0.3 is 0 Å². The van der Waals surface area contributed by atoms with E-state index in [4.69, 9.17) is 0 Å². The van der Waals surface area contributed by atoms with E-state index in [-0.39, 0.29) is 0 Å². The van der Waals surface area contributed by atoms with Crippen molar-refractivity contribution in [1.29, 1.82) is 0 Å². The zero-order chi connectivity index (χ0) is 10.1. The summed E-state index contributed by atoms with van der Waals surface area (Å²) >= 11 is 1.52. The minimum absolute atomic E-state index is 0.562. The molecule has 1 fully saturated rings. The molecule has 0 amide bonds. The van der Waals surface area contributed by atoms with Crippen molar-refractivity contribution in [3.8, 4) is 0 Å². The molecule has 0 N–H and O–H groups in total. The molecule has 0 saturated carbocycles. The zero-order valence-electron chi connectivity index (χ0n) is 8.28. The molecular weight excluding hydrogens is 208 g/mol. The largest absolute Gasteiger partial charge is 0.295 e. The Hall–Kier alpha value is -1.20. The third kappa shape index (κ3) is 1.80. The van der Waals surface area contributed by atoms with Crippen molar-refractivity contribution in [2.45, 2.75) is 12.6 Å². The number of likely N-dealkylation sites (tertiary alicyclic amines) is 1. The molecule has 0 spiro atoms. The second kappa shape index (κ2) is 3.75. The summed E-state index contributed by atoms with van der Waals surface area (Å²) in [5, 5.41) is 6.36. The zero-order valence-corrected chi connectivity index (χ0v) is 9.10. The molecule has 3 rings (SSSR count). The maximum absolute atomic E-state index is 4.25. The van der Waals surface area contributed by atoms with Crippen molar-refractivity contribution in [2.75, 3.05) is 13.1 Å². The Bertz CT molecular complexity index is 403. The minimum atomic E-state index is 0.562. The molecule has 1 saturated heterocycles. The first-order chi connectivity index (χ1) is 7.42. The SMILES string of the molecule is c1cnn(C2CN(Cc3cnsc3)C2)c1. The summed E-state index contributed by atoms with van der Waals surface area (Å²) in [6.45, 7) is 3.21. The minimum Gasteiger partial charge on any atom is -0.295 e. The number of nitrogens with zero attached hydrogens (tertiary/aromatic N) is 4. The quantitative estimate of drug-likeness (QED) is 0.784. The van der Waals surface area contributed by atoms with Crippen LogP contribution in [0.25, 0.3) is 0 Å². The van der Waals surface area contributed by atoms with Crippen LogP contribution in [0.2, 0.25) is 0 Å². The lowest BCUT2D eigenvalue weighted by Crippen LogP contribution is -2.47. The number of hydrogen-bond donors (Lipinski definition) is 0. The van der Waals surface area contributed by atoms with Crippen LogP contribution in [0.15, 0.2) is 30.0 Å². The van der Waals surface area contributed by atoms with Crippen LogP contribution in [0.1, 0.15) is 11.6 Å². The Morgan fingerprint density at radius 3 is 3.07 bits per heavy atom. The average Bonchev–Trinajstić information content (AvgIpc) is 2.83. The molecule has 78 valence electrons. The van der Waals surface area contributed by atoms with Gasteiger partial charge in [0.15, 0.2) is 0 Å². The molecule has 0 atom stereocenters. The van der Waals surface area contributed by atoms with E-state index in [9.17, 15) is 0 Å². The molecule has 1 aliphatic heterocycles. The molecule has 4 nitrogen and oxygen atoms in total. The van der Waals surface area contributed by atoms with Crippen molar-refractivity contribution in [1.82, 2.24) is 19.1 Å². The van der Waals surface area contributed by atoms with Crippen LogP contribution in [0, 0.1) is 0 Å². The second-order valence-electron chi connectivity index (χ2n) is 3.87. The van der Waals surface area contributed by atoms with Crippen LogP contribution in [-0.2, 0) is 6.54 Å². The Labute approximate surface area is 92.3 Å². The monoisotopic (exact) mass is 220 g/mol. The lowest BCUT2D eigenvalue weighted by atomic mass is 10.1. The van der Waals surface area contributed by atoms with Crippen LogP contribution in [0.5, 0.6) is 0 Å². The summed E-state index contributed by atoms with van der Waals surface area (Å²) in [5.41, 5.74) is 1.32. The fourth-order valence-electron chi connectivity index (χ4n) is 1.90. The van der Waals surface area contributed by atoms with Crippen LogP contribution < -0.4 is 0 Å². The van der Waals surface area contributed by atoms with Gasteiger partial charge in [-0.3, -0.25) is 9.58 Å². The van der Waals surface area contributed by atoms with Crippen molar-refractivity contribution in [3.05, 3.63) is 35.6 Å². The van der Waals surface area contributed by atoms with Crippen LogP contribution in [0.4, 0.5) is 0 Å². The van der Waals surface area contributed by atoms with Gasteiger partial charge in [-0.15, -0.1) is 0 Å². The van der Waals surface area contributed by atoms with Crippen LogP contribution in [0.3, 0.4) is 0 Å². The standard InChI is InChI=1S/C10H12N4S/c1-2-11-14(3-1)10-6-13(7-10)5-9-4-12-15-8-9/h1-4,8,10H,5-7H2. The van der Waals surface area contributed by atoms with Gasteiger partial charge in [-0.1, -0.05) is 0 Å². The predicted octanol–water partition coefficient (Wildman–Crippen LogP) is 1.40. The number of aromatic nitrogens is 3. The molecule has 2 aromatic heterocycles. The van der Waals surface area contributed by atoms with E-state index in [1.165, 1.54) is 17.1 Å². The smallest absolute Gasteiger partial charge is 0.0773 e. The highest BCUT2D eigenvalue weighted by atomic mass is 32.1. The van der Waals surface area contributed by atoms with E-state index < -0.39 is 0 Å². The van der Waals surface area contributed by atoms with Gasteiger partial charge >= 0.3 is 0 Å². The third-order valence-corrected chi connectivity index (χ3v) is 3.36. The van der Waals surface area contributed by atoms with Crippen molar-refractivity contribution < 1.29 is 0 Å². The van der Waals surface area contributed by atoms with E-state index in [0.29, 0.717) is 6.04 Å². The van der Waals surface area contributed by atoms with Crippen molar-refractivity contribution in [2.24, 2.45) is 0 Å². The predicted molar refractivity (Wildman–Crippen MR) is 58.7 cm³/mol. The van der Waals surface area contributed by atoms with Gasteiger partial charge in [0.25, 0.3) is 0 Å². The molecule has 0 radical (unpaired) electrons. The molecule has 0 unspecified atom stereocenters. The van der Waals surface area contributed by atoms with E-state index in [1.54, 1.807) is 0 Å². The molecular formula is C10H12N4S. The maximum atomic E-state index is 4.25. The lowest BCUT2D eigenvalue weighted by Gasteiger charge is -2.38. The third-order valence-electron chi connectivity index (χ3n) is 2.73. The fraction of sp³-hybridized carbons (Fsp3) is 0.400. The molecule has 1 aliphatic rings. The highest BCUT2D eigenvalue weighted by molar-refractivity contribution is 7.03. The second-order valence-corrected chi connectivity index (χ2v) is 4.52. The van der Waals surface area contributed by atoms with E-state index >= 15 is 0 Å². The highest BCUT2D eigenvalue weighted by Gasteiger charge is 2.28. The van der Waals surface area contributed by atoms with Gasteiger partial charge in [0.05, 0.1) is 6.04 Å². The summed E-state index contributed by atoms with van der Waals surface area (Å²) in [7, 11) is 0. The summed E-state index contributed by atoms with van der Waals surface area (Å²) in [6, 6.07) is 2.54. The van der Waals surface area contributed by atoms with Crippen molar-refractivity contribution in [3.63, 3.8) is 0 Å². The van der Waals surface area contributed by atoms with E-state index in [0.717, 1.165) is 19.6 Å². The number of rotatable bonds is 3. The molecule has 0 bridgehead atoms. The molecule has 0 aromatic carbocycles. The summed E-state index contributed by atoms with van der Waals surface area (Å²) < 4.78 is 6.14. The Kier molecular flexibility index (Phi) is 2.26. The maximum Gasteiger partial charge on any atom is 0.0773 e. The highest BCUT2D eigenvalue weighted by Crippen LogP contribution is 2.22. The fourth-order valence-corrected chi connectivity index (χ4v) is 2.43. The first kappa shape index (κ1) is 9.06. The lowest BCUT2D eigenvalue weighted by molar-refractivity contribution is 0.0910. The molecule has 0 aliphatic carbocycles. The Balaban J connectivity index is 1.54. The van der Waals surface area contributed by atoms with Crippen molar-refractivity contribution >= 4 is 11.5 Å². The van der Waals surface area contributed by atoms with Gasteiger partial charge in [0, 0.05) is 43.6 Å². The van der Waals surface area contributed by atoms with Gasteiger partial charge in [0.2, 0.25) is 0 Å². The summed E-state index contributed by atoms with van der Waals surface area (Å²) in [4.78, 5) is 2.41. The first-order valence-corrected chi connectivity index (χ1v) is 5.85. The topological polar surface area (TPSA) is 34.0 Å². The molecule has 15 heavy (non-hydrogen) atoms. The van der Waals surface area contributed by atoms with Gasteiger partial charge in [0.1, 0.15) is 0 Å². The molecule has 2 aromatic rings. The van der Waals surface area contributed by atoms with E-state index in [2.05, 4.69) is 19.8 Å². The van der Waals surface area contributed by atoms with E-state index in [1.807, 2.05) is 29.3 Å². The Morgan fingerprint density at radius 1 is 1.47 bits per heavy atom. The molecule has 3 heterocycles. The number of hydrogen-bond acceptors (Lipinski definition) is 4. The van der Waals surface area contributed by atoms with Gasteiger partial charge in [-0.05, 0) is 23.2 Å². The van der Waals surface area contributed by atoms with Gasteiger partial charge in [-0.2, -0.15) is 5.10 Å². The summed E-state index contributed by atoms with van der Waals surface area (Å²) in [5.74, 6) is 0. The first-order valence-electron chi connectivity index (χ1n) is 5.01. The van der Waals surface area contributed by atoms with Crippen LogP contribution >= 0.6 is 11.5 Å². The average molecular weight is 220 g/mol.